The molecule has 0 amide bonds. The van der Waals surface area contributed by atoms with E-state index < -0.39 is 18.1 Å². The largest absolute Gasteiger partial charge is 0.586 e. The number of aromatic nitrogens is 1. The third-order valence-corrected chi connectivity index (χ3v) is 6.15. The van der Waals surface area contributed by atoms with E-state index in [1.54, 1.807) is 24.3 Å². The fourth-order valence-corrected chi connectivity index (χ4v) is 4.22. The van der Waals surface area contributed by atoms with E-state index in [2.05, 4.69) is 14.5 Å². The molecule has 2 aromatic carbocycles. The number of nitrogens with zero attached hydrogens (tertiary/aromatic N) is 1. The predicted molar refractivity (Wildman–Crippen MR) is 112 cm³/mol. The first-order valence-corrected chi connectivity index (χ1v) is 10.5. The van der Waals surface area contributed by atoms with E-state index in [1.807, 2.05) is 13.0 Å². The van der Waals surface area contributed by atoms with Crippen LogP contribution in [0.15, 0.2) is 54.6 Å². The molecule has 0 radical (unpaired) electrons. The van der Waals surface area contributed by atoms with Crippen molar-refractivity contribution in [3.63, 3.8) is 0 Å². The lowest BCUT2D eigenvalue weighted by Crippen LogP contribution is -2.26. The molecule has 0 N–H and O–H groups in total. The zero-order chi connectivity index (χ0) is 23.4. The van der Waals surface area contributed by atoms with Crippen LogP contribution in [-0.4, -0.2) is 17.1 Å². The van der Waals surface area contributed by atoms with Gasteiger partial charge >= 0.3 is 6.29 Å². The summed E-state index contributed by atoms with van der Waals surface area (Å²) in [6.45, 7) is 1.83. The van der Waals surface area contributed by atoms with Crippen LogP contribution in [0.3, 0.4) is 0 Å². The summed E-state index contributed by atoms with van der Waals surface area (Å²) in [5.41, 5.74) is 2.14. The van der Waals surface area contributed by atoms with Gasteiger partial charge in [0.2, 0.25) is 0 Å². The maximum atomic E-state index is 13.3. The van der Waals surface area contributed by atoms with Gasteiger partial charge in [0.15, 0.2) is 11.5 Å². The number of ether oxygens (including phenoxy) is 2. The number of rotatable bonds is 6. The van der Waals surface area contributed by atoms with E-state index in [4.69, 9.17) is 0 Å². The summed E-state index contributed by atoms with van der Waals surface area (Å²) in [4.78, 5) is 17.8. The molecule has 1 aliphatic heterocycles. The van der Waals surface area contributed by atoms with E-state index >= 15 is 0 Å². The summed E-state index contributed by atoms with van der Waals surface area (Å²) in [6.07, 6.45) is -5.09. The molecule has 5 rings (SSSR count). The summed E-state index contributed by atoms with van der Waals surface area (Å²) >= 11 is 0. The van der Waals surface area contributed by atoms with Gasteiger partial charge in [-0.2, -0.15) is 0 Å². The smallest absolute Gasteiger partial charge is 0.395 e. The SMILES string of the molecule is Cc1ccc(CC(=O)C2(c3ccc4c(c3)OC(F)(F)O4)CC2)nc1-c1cccc(C(F)F)c1. The normalized spacial score (nSPS) is 17.3. The lowest BCUT2D eigenvalue weighted by Gasteiger charge is -2.16. The molecular formula is C25H19F4NO3. The van der Waals surface area contributed by atoms with Crippen molar-refractivity contribution in [3.8, 4) is 22.8 Å². The number of aryl methyl sites for hydroxylation is 1. The van der Waals surface area contributed by atoms with Crippen LogP contribution >= 0.6 is 0 Å². The van der Waals surface area contributed by atoms with Gasteiger partial charge in [0.25, 0.3) is 6.43 Å². The second-order valence-electron chi connectivity index (χ2n) is 8.41. The van der Waals surface area contributed by atoms with Gasteiger partial charge in [0.05, 0.1) is 11.1 Å². The van der Waals surface area contributed by atoms with Gasteiger partial charge in [0, 0.05) is 23.2 Å². The fraction of sp³-hybridized carbons (Fsp3) is 0.280. The number of halogens is 4. The van der Waals surface area contributed by atoms with Crippen LogP contribution in [-0.2, 0) is 16.6 Å². The Morgan fingerprint density at radius 3 is 2.52 bits per heavy atom. The molecule has 4 nitrogen and oxygen atoms in total. The van der Waals surface area contributed by atoms with E-state index in [0.717, 1.165) is 5.56 Å². The average Bonchev–Trinajstić information content (AvgIpc) is 3.52. The van der Waals surface area contributed by atoms with E-state index in [0.29, 0.717) is 35.4 Å². The number of alkyl halides is 4. The lowest BCUT2D eigenvalue weighted by atomic mass is 9.88. The number of pyridine rings is 1. The molecule has 1 fully saturated rings. The number of Topliss-reactive ketones (excluding diaryl/α,β-unsaturated/α-hetero) is 1. The van der Waals surface area contributed by atoms with Crippen LogP contribution in [0.1, 0.15) is 41.7 Å². The second kappa shape index (κ2) is 7.57. The highest BCUT2D eigenvalue weighted by atomic mass is 19.3. The molecule has 1 aliphatic carbocycles. The maximum absolute atomic E-state index is 13.3. The van der Waals surface area contributed by atoms with Crippen LogP contribution < -0.4 is 9.47 Å². The third kappa shape index (κ3) is 3.94. The third-order valence-electron chi connectivity index (χ3n) is 6.15. The minimum atomic E-state index is -3.72. The number of benzene rings is 2. The number of carbonyl (C=O) groups excluding carboxylic acids is 1. The van der Waals surface area contributed by atoms with Gasteiger partial charge in [-0.3, -0.25) is 9.78 Å². The molecule has 170 valence electrons. The van der Waals surface area contributed by atoms with E-state index in [1.165, 1.54) is 24.3 Å². The summed E-state index contributed by atoms with van der Waals surface area (Å²) in [5, 5.41) is 0. The Morgan fingerprint density at radius 2 is 1.79 bits per heavy atom. The molecule has 0 atom stereocenters. The Balaban J connectivity index is 1.40. The van der Waals surface area contributed by atoms with Crippen molar-refractivity contribution < 1.29 is 31.8 Å². The molecule has 2 aliphatic rings. The monoisotopic (exact) mass is 457 g/mol. The van der Waals surface area contributed by atoms with Crippen molar-refractivity contribution in [2.24, 2.45) is 0 Å². The first-order valence-electron chi connectivity index (χ1n) is 10.5. The van der Waals surface area contributed by atoms with Gasteiger partial charge in [-0.15, -0.1) is 8.78 Å². The topological polar surface area (TPSA) is 48.4 Å². The molecule has 0 unspecified atom stereocenters. The molecule has 1 aromatic heterocycles. The molecule has 3 aromatic rings. The zero-order valence-corrected chi connectivity index (χ0v) is 17.6. The minimum absolute atomic E-state index is 0.0341. The van der Waals surface area contributed by atoms with Crippen molar-refractivity contribution in [3.05, 3.63) is 77.0 Å². The number of carbonyl (C=O) groups is 1. The molecule has 0 spiro atoms. The fourth-order valence-electron chi connectivity index (χ4n) is 4.22. The van der Waals surface area contributed by atoms with Crippen LogP contribution in [0.5, 0.6) is 11.5 Å². The molecule has 0 bridgehead atoms. The van der Waals surface area contributed by atoms with Gasteiger partial charge in [0.1, 0.15) is 5.78 Å². The molecule has 8 heteroatoms. The lowest BCUT2D eigenvalue weighted by molar-refractivity contribution is -0.286. The molecule has 0 saturated heterocycles. The van der Waals surface area contributed by atoms with Gasteiger partial charge in [-0.1, -0.05) is 30.3 Å². The highest BCUT2D eigenvalue weighted by Crippen LogP contribution is 2.52. The van der Waals surface area contributed by atoms with Crippen molar-refractivity contribution in [2.45, 2.75) is 44.3 Å². The van der Waals surface area contributed by atoms with Gasteiger partial charge < -0.3 is 9.47 Å². The first-order chi connectivity index (χ1) is 15.7. The Morgan fingerprint density at radius 1 is 1.03 bits per heavy atom. The Labute approximate surface area is 187 Å². The Hall–Kier alpha value is -3.42. The summed E-state index contributed by atoms with van der Waals surface area (Å²) in [7, 11) is 0. The summed E-state index contributed by atoms with van der Waals surface area (Å²) in [5.74, 6) is -0.245. The summed E-state index contributed by atoms with van der Waals surface area (Å²) < 4.78 is 61.9. The Bertz CT molecular complexity index is 1250. The first kappa shape index (κ1) is 21.4. The highest BCUT2D eigenvalue weighted by Gasteiger charge is 2.52. The van der Waals surface area contributed by atoms with Crippen LogP contribution in [0.2, 0.25) is 0 Å². The molecular weight excluding hydrogens is 438 g/mol. The highest BCUT2D eigenvalue weighted by molar-refractivity contribution is 5.94. The van der Waals surface area contributed by atoms with Crippen molar-refractivity contribution in [1.29, 1.82) is 0 Å². The van der Waals surface area contributed by atoms with Crippen LogP contribution in [0, 0.1) is 6.92 Å². The van der Waals surface area contributed by atoms with Crippen molar-refractivity contribution in [2.75, 3.05) is 0 Å². The summed E-state index contributed by atoms with van der Waals surface area (Å²) in [6, 6.07) is 14.0. The number of fused-ring (bicyclic) bond motifs is 1. The van der Waals surface area contributed by atoms with E-state index in [-0.39, 0.29) is 29.3 Å². The number of hydrogen-bond donors (Lipinski definition) is 0. The predicted octanol–water partition coefficient (Wildman–Crippen LogP) is 6.16. The molecule has 1 saturated carbocycles. The van der Waals surface area contributed by atoms with Crippen LogP contribution in [0.25, 0.3) is 11.3 Å². The second-order valence-corrected chi connectivity index (χ2v) is 8.41. The standard InChI is InChI=1S/C25H19F4NO3/c1-14-5-7-18(30-22(14)15-3-2-4-16(11-15)23(26)27)13-21(31)24(9-10-24)17-6-8-19-20(12-17)33-25(28,29)32-19/h2-8,11-12,23H,9-10,13H2,1H3. The molecule has 2 heterocycles. The molecule has 33 heavy (non-hydrogen) atoms. The van der Waals surface area contributed by atoms with Crippen molar-refractivity contribution >= 4 is 5.78 Å². The zero-order valence-electron chi connectivity index (χ0n) is 17.6. The van der Waals surface area contributed by atoms with E-state index in [9.17, 15) is 22.4 Å². The average molecular weight is 457 g/mol. The van der Waals surface area contributed by atoms with Gasteiger partial charge in [-0.25, -0.2) is 8.78 Å². The van der Waals surface area contributed by atoms with Crippen LogP contribution in [0.4, 0.5) is 17.6 Å². The number of hydrogen-bond acceptors (Lipinski definition) is 4. The maximum Gasteiger partial charge on any atom is 0.586 e. The Kier molecular flexibility index (Phi) is 4.92. The van der Waals surface area contributed by atoms with Crippen molar-refractivity contribution in [1.82, 2.24) is 4.98 Å². The number of ketones is 1. The van der Waals surface area contributed by atoms with Gasteiger partial charge in [-0.05, 0) is 55.2 Å². The minimum Gasteiger partial charge on any atom is -0.395 e. The quantitative estimate of drug-likeness (QED) is 0.416.